The lowest BCUT2D eigenvalue weighted by atomic mass is 9.83. The number of imide groups is 1. The maximum Gasteiger partial charge on any atom is 0.325 e. The number of hydrogen-bond acceptors (Lipinski definition) is 4. The Morgan fingerprint density at radius 2 is 1.63 bits per heavy atom. The maximum absolute atomic E-state index is 14.4. The van der Waals surface area contributed by atoms with Crippen LogP contribution >= 0.6 is 11.8 Å². The van der Waals surface area contributed by atoms with Crippen LogP contribution in [0.4, 0.5) is 9.18 Å². The SMILES string of the molecule is O=C1N[C@@](Cc2ccccc2)(c2ccccc2)C(=O)N1CC(=O)N1CCS[C@@H]1c1ccccc1F. The van der Waals surface area contributed by atoms with E-state index in [9.17, 15) is 18.8 Å². The predicted molar refractivity (Wildman–Crippen MR) is 132 cm³/mol. The average Bonchev–Trinajstić information content (AvgIpc) is 3.45. The first kappa shape index (κ1) is 23.1. The minimum absolute atomic E-state index is 0.254. The molecule has 3 aromatic carbocycles. The minimum Gasteiger partial charge on any atom is -0.324 e. The van der Waals surface area contributed by atoms with Crippen LogP contribution in [0, 0.1) is 5.82 Å². The number of benzene rings is 3. The van der Waals surface area contributed by atoms with E-state index in [4.69, 9.17) is 0 Å². The summed E-state index contributed by atoms with van der Waals surface area (Å²) in [5.74, 6) is -0.603. The third kappa shape index (κ3) is 4.30. The van der Waals surface area contributed by atoms with E-state index < -0.39 is 35.3 Å². The number of amides is 4. The Labute approximate surface area is 207 Å². The monoisotopic (exact) mass is 489 g/mol. The van der Waals surface area contributed by atoms with Crippen molar-refractivity contribution in [3.8, 4) is 0 Å². The van der Waals surface area contributed by atoms with Crippen molar-refractivity contribution in [3.63, 3.8) is 0 Å². The zero-order chi connectivity index (χ0) is 24.4. The zero-order valence-corrected chi connectivity index (χ0v) is 19.7. The number of urea groups is 1. The standard InChI is InChI=1S/C27H24FN3O3S/c28-22-14-8-7-13-21(22)24-30(15-16-35-24)23(32)18-31-25(33)27(29-26(31)34,20-11-5-2-6-12-20)17-19-9-3-1-4-10-19/h1-14,24H,15-18H2,(H,29,34)/t24-,27+/m1/s1. The van der Waals surface area contributed by atoms with Gasteiger partial charge >= 0.3 is 6.03 Å². The molecule has 8 heteroatoms. The van der Waals surface area contributed by atoms with E-state index >= 15 is 0 Å². The van der Waals surface area contributed by atoms with Gasteiger partial charge in [0.2, 0.25) is 5.91 Å². The van der Waals surface area contributed by atoms with Crippen LogP contribution in [0.2, 0.25) is 0 Å². The lowest BCUT2D eigenvalue weighted by molar-refractivity contribution is -0.139. The molecule has 2 heterocycles. The predicted octanol–water partition coefficient (Wildman–Crippen LogP) is 4.09. The summed E-state index contributed by atoms with van der Waals surface area (Å²) in [6, 6.07) is 24.3. The van der Waals surface area contributed by atoms with Gasteiger partial charge in [-0.3, -0.25) is 14.5 Å². The quantitative estimate of drug-likeness (QED) is 0.530. The normalized spacial score (nSPS) is 21.9. The van der Waals surface area contributed by atoms with Gasteiger partial charge in [0.1, 0.15) is 17.7 Å². The highest BCUT2D eigenvalue weighted by Gasteiger charge is 2.53. The molecule has 0 unspecified atom stereocenters. The van der Waals surface area contributed by atoms with Crippen LogP contribution in [-0.2, 0) is 21.5 Å². The van der Waals surface area contributed by atoms with E-state index in [1.165, 1.54) is 17.8 Å². The number of thioether (sulfide) groups is 1. The molecule has 6 nitrogen and oxygen atoms in total. The first-order chi connectivity index (χ1) is 17.0. The number of hydrogen-bond donors (Lipinski definition) is 1. The van der Waals surface area contributed by atoms with E-state index in [1.54, 1.807) is 35.2 Å². The first-order valence-corrected chi connectivity index (χ1v) is 12.4. The van der Waals surface area contributed by atoms with E-state index in [0.717, 1.165) is 10.5 Å². The van der Waals surface area contributed by atoms with E-state index in [0.29, 0.717) is 23.4 Å². The molecule has 0 bridgehead atoms. The second-order valence-corrected chi connectivity index (χ2v) is 9.78. The van der Waals surface area contributed by atoms with Gasteiger partial charge in [0.15, 0.2) is 5.54 Å². The molecule has 2 aliphatic rings. The molecule has 0 aliphatic carbocycles. The second kappa shape index (κ2) is 9.54. The zero-order valence-electron chi connectivity index (χ0n) is 18.9. The molecular formula is C27H24FN3O3S. The third-order valence-electron chi connectivity index (χ3n) is 6.43. The molecule has 2 aliphatic heterocycles. The molecule has 2 saturated heterocycles. The highest BCUT2D eigenvalue weighted by Crippen LogP contribution is 2.39. The van der Waals surface area contributed by atoms with Gasteiger partial charge in [0.05, 0.1) is 0 Å². The summed E-state index contributed by atoms with van der Waals surface area (Å²) >= 11 is 1.47. The van der Waals surface area contributed by atoms with Crippen LogP contribution in [0.25, 0.3) is 0 Å². The molecule has 3 aromatic rings. The van der Waals surface area contributed by atoms with E-state index in [2.05, 4.69) is 5.32 Å². The van der Waals surface area contributed by atoms with E-state index in [-0.39, 0.29) is 12.2 Å². The van der Waals surface area contributed by atoms with Crippen LogP contribution < -0.4 is 5.32 Å². The van der Waals surface area contributed by atoms with Crippen molar-refractivity contribution in [1.29, 1.82) is 0 Å². The Morgan fingerprint density at radius 3 is 2.34 bits per heavy atom. The van der Waals surface area contributed by atoms with Gasteiger partial charge < -0.3 is 10.2 Å². The van der Waals surface area contributed by atoms with Crippen LogP contribution in [0.1, 0.15) is 22.1 Å². The number of nitrogens with zero attached hydrogens (tertiary/aromatic N) is 2. The molecule has 2 fully saturated rings. The molecule has 0 aromatic heterocycles. The Hall–Kier alpha value is -3.65. The molecule has 4 amide bonds. The minimum atomic E-state index is -1.31. The van der Waals surface area contributed by atoms with Crippen LogP contribution in [0.15, 0.2) is 84.9 Å². The van der Waals surface area contributed by atoms with Gasteiger partial charge in [-0.2, -0.15) is 0 Å². The molecule has 0 saturated carbocycles. The molecule has 0 spiro atoms. The third-order valence-corrected chi connectivity index (χ3v) is 7.67. The summed E-state index contributed by atoms with van der Waals surface area (Å²) < 4.78 is 14.4. The highest BCUT2D eigenvalue weighted by atomic mass is 32.2. The summed E-state index contributed by atoms with van der Waals surface area (Å²) in [5.41, 5.74) is 0.639. The molecule has 1 N–H and O–H groups in total. The Kier molecular flexibility index (Phi) is 6.30. The summed E-state index contributed by atoms with van der Waals surface area (Å²) in [6.45, 7) is 0.0134. The molecule has 0 radical (unpaired) electrons. The summed E-state index contributed by atoms with van der Waals surface area (Å²) in [6.07, 6.45) is 0.254. The van der Waals surface area contributed by atoms with Gasteiger partial charge in [-0.1, -0.05) is 78.9 Å². The summed E-state index contributed by atoms with van der Waals surface area (Å²) in [7, 11) is 0. The Bertz CT molecular complexity index is 1260. The number of rotatable bonds is 6. The van der Waals surface area contributed by atoms with Crippen LogP contribution in [0.5, 0.6) is 0 Å². The molecule has 5 rings (SSSR count). The molecule has 35 heavy (non-hydrogen) atoms. The number of carbonyl (C=O) groups excluding carboxylic acids is 3. The van der Waals surface area contributed by atoms with Crippen LogP contribution in [0.3, 0.4) is 0 Å². The fraction of sp³-hybridized carbons (Fsp3) is 0.222. The molecule has 178 valence electrons. The van der Waals surface area contributed by atoms with Gasteiger partial charge in [-0.05, 0) is 17.2 Å². The van der Waals surface area contributed by atoms with Crippen molar-refractivity contribution in [2.24, 2.45) is 0 Å². The van der Waals surface area contributed by atoms with Crippen molar-refractivity contribution >= 4 is 29.6 Å². The largest absolute Gasteiger partial charge is 0.325 e. The van der Waals surface area contributed by atoms with Crippen molar-refractivity contribution in [3.05, 3.63) is 107 Å². The maximum atomic E-state index is 14.4. The fourth-order valence-electron chi connectivity index (χ4n) is 4.70. The number of nitrogens with one attached hydrogen (secondary N) is 1. The highest BCUT2D eigenvalue weighted by molar-refractivity contribution is 7.99. The van der Waals surface area contributed by atoms with Crippen molar-refractivity contribution in [2.75, 3.05) is 18.8 Å². The van der Waals surface area contributed by atoms with Crippen LogP contribution in [-0.4, -0.2) is 46.5 Å². The lowest BCUT2D eigenvalue weighted by Gasteiger charge is -2.28. The Balaban J connectivity index is 1.42. The fourth-order valence-corrected chi connectivity index (χ4v) is 6.00. The van der Waals surface area contributed by atoms with Crippen molar-refractivity contribution < 1.29 is 18.8 Å². The molecule has 2 atom stereocenters. The number of halogens is 1. The molecular weight excluding hydrogens is 465 g/mol. The van der Waals surface area contributed by atoms with Gasteiger partial charge in [-0.25, -0.2) is 9.18 Å². The summed E-state index contributed by atoms with van der Waals surface area (Å²) in [5, 5.41) is 2.39. The van der Waals surface area contributed by atoms with E-state index in [1.807, 2.05) is 48.5 Å². The lowest BCUT2D eigenvalue weighted by Crippen LogP contribution is -2.47. The average molecular weight is 490 g/mol. The van der Waals surface area contributed by atoms with Gasteiger partial charge in [0.25, 0.3) is 5.91 Å². The van der Waals surface area contributed by atoms with Gasteiger partial charge in [-0.15, -0.1) is 11.8 Å². The second-order valence-electron chi connectivity index (χ2n) is 8.59. The first-order valence-electron chi connectivity index (χ1n) is 11.4. The van der Waals surface area contributed by atoms with Crippen molar-refractivity contribution in [2.45, 2.75) is 17.3 Å². The number of carbonyl (C=O) groups is 3. The van der Waals surface area contributed by atoms with Gasteiger partial charge in [0, 0.05) is 24.3 Å². The topological polar surface area (TPSA) is 69.7 Å². The summed E-state index contributed by atoms with van der Waals surface area (Å²) in [4.78, 5) is 42.7. The Morgan fingerprint density at radius 1 is 0.971 bits per heavy atom. The smallest absolute Gasteiger partial charge is 0.324 e. The van der Waals surface area contributed by atoms with Crippen molar-refractivity contribution in [1.82, 2.24) is 15.1 Å².